The van der Waals surface area contributed by atoms with Crippen molar-refractivity contribution in [3.05, 3.63) is 101 Å². The number of aromatic nitrogens is 2. The number of aromatic amines is 1. The quantitative estimate of drug-likeness (QED) is 0.281. The van der Waals surface area contributed by atoms with E-state index in [4.69, 9.17) is 9.84 Å². The molecule has 2 heterocycles. The lowest BCUT2D eigenvalue weighted by molar-refractivity contribution is -0.135. The molecule has 0 aliphatic heterocycles. The van der Waals surface area contributed by atoms with Crippen molar-refractivity contribution >= 4 is 17.7 Å². The van der Waals surface area contributed by atoms with E-state index in [1.807, 2.05) is 0 Å². The molecule has 0 bridgehead atoms. The maximum absolute atomic E-state index is 14.7. The summed E-state index contributed by atoms with van der Waals surface area (Å²) in [6.07, 6.45) is 2.58. The predicted molar refractivity (Wildman–Crippen MR) is 134 cm³/mol. The molecule has 0 fully saturated rings. The van der Waals surface area contributed by atoms with Crippen molar-refractivity contribution in [1.29, 1.82) is 0 Å². The van der Waals surface area contributed by atoms with Gasteiger partial charge in [-0.2, -0.15) is 0 Å². The van der Waals surface area contributed by atoms with E-state index in [0.717, 1.165) is 11.6 Å². The minimum atomic E-state index is -1.16. The van der Waals surface area contributed by atoms with Crippen molar-refractivity contribution < 1.29 is 33.0 Å². The van der Waals surface area contributed by atoms with Crippen LogP contribution >= 0.6 is 0 Å². The van der Waals surface area contributed by atoms with Gasteiger partial charge in [0.25, 0.3) is 5.91 Å². The molecule has 0 saturated carbocycles. The Kier molecular flexibility index (Phi) is 7.91. The fourth-order valence-corrected chi connectivity index (χ4v) is 3.75. The highest BCUT2D eigenvalue weighted by Crippen LogP contribution is 2.27. The molecule has 2 aromatic heterocycles. The number of benzene rings is 2. The Morgan fingerprint density at radius 1 is 0.947 bits per heavy atom. The maximum Gasteiger partial charge on any atom is 0.322 e. The third-order valence-electron chi connectivity index (χ3n) is 5.59. The molecule has 38 heavy (non-hydrogen) atoms. The lowest BCUT2D eigenvalue weighted by Crippen LogP contribution is -2.28. The Hall–Kier alpha value is -4.86. The summed E-state index contributed by atoms with van der Waals surface area (Å²) in [5, 5.41) is 11.0. The zero-order valence-corrected chi connectivity index (χ0v) is 20.3. The Labute approximate surface area is 216 Å². The van der Waals surface area contributed by atoms with Gasteiger partial charge < -0.3 is 20.1 Å². The number of H-pyrrole nitrogens is 1. The number of carbonyl (C=O) groups excluding carboxylic acids is 2. The number of nitrogens with zero attached hydrogens (tertiary/aromatic N) is 1. The van der Waals surface area contributed by atoms with Crippen LogP contribution in [0, 0.1) is 18.6 Å². The SMILES string of the molecule is Cc1ccc(F)c(CC(=O)Cc2ccc(Oc3ccnc(-c4cc(C(=O)NCC(=O)O)c[nH]4)c3)cc2F)c1. The second kappa shape index (κ2) is 11.5. The smallest absolute Gasteiger partial charge is 0.322 e. The summed E-state index contributed by atoms with van der Waals surface area (Å²) >= 11 is 0. The zero-order valence-electron chi connectivity index (χ0n) is 20.3. The highest BCUT2D eigenvalue weighted by atomic mass is 19.1. The van der Waals surface area contributed by atoms with Crippen molar-refractivity contribution in [2.24, 2.45) is 0 Å². The van der Waals surface area contributed by atoms with Crippen LogP contribution in [0.3, 0.4) is 0 Å². The van der Waals surface area contributed by atoms with Crippen LogP contribution in [0.25, 0.3) is 11.4 Å². The Morgan fingerprint density at radius 3 is 2.47 bits per heavy atom. The van der Waals surface area contributed by atoms with Crippen molar-refractivity contribution in [2.75, 3.05) is 6.54 Å². The molecule has 4 aromatic rings. The molecule has 0 aliphatic rings. The first kappa shape index (κ1) is 26.2. The number of amides is 1. The molecule has 0 aliphatic carbocycles. The lowest BCUT2D eigenvalue weighted by Gasteiger charge is -2.09. The van der Waals surface area contributed by atoms with Crippen LogP contribution in [0.5, 0.6) is 11.5 Å². The van der Waals surface area contributed by atoms with E-state index >= 15 is 0 Å². The van der Waals surface area contributed by atoms with Crippen LogP contribution < -0.4 is 10.1 Å². The molecule has 10 heteroatoms. The van der Waals surface area contributed by atoms with Gasteiger partial charge in [0, 0.05) is 37.4 Å². The van der Waals surface area contributed by atoms with Crippen LogP contribution in [-0.2, 0) is 22.4 Å². The summed E-state index contributed by atoms with van der Waals surface area (Å²) in [6, 6.07) is 13.3. The number of hydrogen-bond donors (Lipinski definition) is 3. The summed E-state index contributed by atoms with van der Waals surface area (Å²) in [5.74, 6) is -2.59. The molecule has 0 saturated heterocycles. The van der Waals surface area contributed by atoms with E-state index in [0.29, 0.717) is 17.1 Å². The van der Waals surface area contributed by atoms with Gasteiger partial charge >= 0.3 is 5.97 Å². The van der Waals surface area contributed by atoms with E-state index in [9.17, 15) is 23.2 Å². The zero-order chi connectivity index (χ0) is 27.2. The number of pyridine rings is 1. The highest BCUT2D eigenvalue weighted by Gasteiger charge is 2.14. The number of nitrogens with one attached hydrogen (secondary N) is 2. The van der Waals surface area contributed by atoms with Gasteiger partial charge in [0.05, 0.1) is 17.0 Å². The number of Topliss-reactive ketones (excluding diaryl/α,β-unsaturated/α-hetero) is 1. The fourth-order valence-electron chi connectivity index (χ4n) is 3.75. The summed E-state index contributed by atoms with van der Waals surface area (Å²) < 4.78 is 34.4. The molecule has 8 nitrogen and oxygen atoms in total. The second-order valence-electron chi connectivity index (χ2n) is 8.60. The minimum absolute atomic E-state index is 0.132. The van der Waals surface area contributed by atoms with Gasteiger partial charge in [-0.25, -0.2) is 8.78 Å². The Bertz CT molecular complexity index is 1520. The number of halogens is 2. The summed E-state index contributed by atoms with van der Waals surface area (Å²) in [6.45, 7) is 1.30. The number of ether oxygens (including phenoxy) is 1. The number of aryl methyl sites for hydroxylation is 1. The number of rotatable bonds is 10. The van der Waals surface area contributed by atoms with Crippen LogP contribution in [0.4, 0.5) is 8.78 Å². The number of aliphatic carboxylic acids is 1. The first-order chi connectivity index (χ1) is 18.2. The number of carboxylic acids is 1. The summed E-state index contributed by atoms with van der Waals surface area (Å²) in [7, 11) is 0. The third kappa shape index (κ3) is 6.67. The van der Waals surface area contributed by atoms with Crippen molar-refractivity contribution in [2.45, 2.75) is 19.8 Å². The minimum Gasteiger partial charge on any atom is -0.480 e. The van der Waals surface area contributed by atoms with Crippen molar-refractivity contribution in [1.82, 2.24) is 15.3 Å². The maximum atomic E-state index is 14.7. The topological polar surface area (TPSA) is 121 Å². The predicted octanol–water partition coefficient (Wildman–Crippen LogP) is 4.62. The van der Waals surface area contributed by atoms with Gasteiger partial charge in [-0.1, -0.05) is 23.8 Å². The second-order valence-corrected chi connectivity index (χ2v) is 8.60. The van der Waals surface area contributed by atoms with Crippen LogP contribution in [0.2, 0.25) is 0 Å². The average molecular weight is 520 g/mol. The van der Waals surface area contributed by atoms with E-state index in [-0.39, 0.29) is 41.1 Å². The van der Waals surface area contributed by atoms with Gasteiger partial charge in [0.1, 0.15) is 35.5 Å². The largest absolute Gasteiger partial charge is 0.480 e. The molecular weight excluding hydrogens is 496 g/mol. The normalized spacial score (nSPS) is 10.7. The third-order valence-corrected chi connectivity index (χ3v) is 5.59. The first-order valence-corrected chi connectivity index (χ1v) is 11.6. The molecule has 1 amide bonds. The van der Waals surface area contributed by atoms with Gasteiger partial charge in [-0.05, 0) is 42.3 Å². The number of carboxylic acid groups (broad SMARTS) is 1. The fraction of sp³-hybridized carbons (Fsp3) is 0.143. The van der Waals surface area contributed by atoms with E-state index in [2.05, 4.69) is 15.3 Å². The monoisotopic (exact) mass is 519 g/mol. The molecule has 0 spiro atoms. The van der Waals surface area contributed by atoms with Crippen LogP contribution in [-0.4, -0.2) is 39.3 Å². The van der Waals surface area contributed by atoms with E-state index in [1.54, 1.807) is 31.2 Å². The highest BCUT2D eigenvalue weighted by molar-refractivity contribution is 5.96. The standard InChI is InChI=1S/C28H23F2N3O5/c1-16-2-5-23(29)18(8-16)10-20(34)9-17-3-4-21(12-24(17)30)38-22-6-7-31-26(13-22)25-11-19(14-32-25)28(37)33-15-27(35)36/h2-8,11-14,32H,9-10,15H2,1H3,(H,33,37)(H,35,36). The summed E-state index contributed by atoms with van der Waals surface area (Å²) in [4.78, 5) is 42.2. The van der Waals surface area contributed by atoms with Gasteiger partial charge in [0.2, 0.25) is 0 Å². The molecule has 4 rings (SSSR count). The van der Waals surface area contributed by atoms with Crippen molar-refractivity contribution in [3.8, 4) is 22.9 Å². The number of carbonyl (C=O) groups is 3. The van der Waals surface area contributed by atoms with Crippen LogP contribution in [0.1, 0.15) is 27.0 Å². The Morgan fingerprint density at radius 2 is 1.71 bits per heavy atom. The van der Waals surface area contributed by atoms with E-state index in [1.165, 1.54) is 36.7 Å². The molecule has 0 radical (unpaired) electrons. The van der Waals surface area contributed by atoms with Gasteiger partial charge in [0.15, 0.2) is 0 Å². The number of hydrogen-bond acceptors (Lipinski definition) is 5. The van der Waals surface area contributed by atoms with Gasteiger partial charge in [-0.3, -0.25) is 19.4 Å². The van der Waals surface area contributed by atoms with Crippen LogP contribution in [0.15, 0.2) is 67.0 Å². The molecule has 194 valence electrons. The van der Waals surface area contributed by atoms with Crippen molar-refractivity contribution in [3.63, 3.8) is 0 Å². The molecular formula is C28H23F2N3O5. The van der Waals surface area contributed by atoms with Gasteiger partial charge in [-0.15, -0.1) is 0 Å². The summed E-state index contributed by atoms with van der Waals surface area (Å²) in [5.41, 5.74) is 2.43. The molecule has 0 unspecified atom stereocenters. The van der Waals surface area contributed by atoms with E-state index < -0.39 is 30.1 Å². The molecule has 0 atom stereocenters. The first-order valence-electron chi connectivity index (χ1n) is 11.6. The Balaban J connectivity index is 1.41. The number of ketones is 1. The lowest BCUT2D eigenvalue weighted by atomic mass is 10.0. The molecule has 3 N–H and O–H groups in total. The average Bonchev–Trinajstić information content (AvgIpc) is 3.37. The molecule has 2 aromatic carbocycles.